The van der Waals surface area contributed by atoms with Crippen molar-refractivity contribution in [1.29, 1.82) is 0 Å². The molecule has 0 fully saturated rings. The number of carbonyl (C=O) groups is 1. The fourth-order valence-electron chi connectivity index (χ4n) is 1.15. The topological polar surface area (TPSA) is 69.1 Å². The Balaban J connectivity index is 4.48. The standard InChI is InChI=1S/C8H15F3N2O/c1-2-3-4-7(13,6(12)14)5-8(9,10)11/h2-5,13H2,1H3,(H2,12,14)/t7-/m1/s1. The maximum atomic E-state index is 12.1. The minimum Gasteiger partial charge on any atom is -0.368 e. The van der Waals surface area contributed by atoms with Crippen molar-refractivity contribution in [1.82, 2.24) is 0 Å². The minimum absolute atomic E-state index is 0.0294. The predicted molar refractivity (Wildman–Crippen MR) is 46.3 cm³/mol. The van der Waals surface area contributed by atoms with Gasteiger partial charge in [-0.1, -0.05) is 19.8 Å². The average Bonchev–Trinajstić information content (AvgIpc) is 1.97. The zero-order chi connectivity index (χ0) is 11.4. The van der Waals surface area contributed by atoms with Crippen LogP contribution in [0.4, 0.5) is 13.2 Å². The third-order valence-electron chi connectivity index (χ3n) is 1.98. The van der Waals surface area contributed by atoms with Gasteiger partial charge in [0.1, 0.15) is 5.54 Å². The quantitative estimate of drug-likeness (QED) is 0.721. The summed E-state index contributed by atoms with van der Waals surface area (Å²) < 4.78 is 36.2. The maximum absolute atomic E-state index is 12.1. The highest BCUT2D eigenvalue weighted by atomic mass is 19.4. The van der Waals surface area contributed by atoms with Gasteiger partial charge < -0.3 is 11.5 Å². The lowest BCUT2D eigenvalue weighted by Gasteiger charge is -2.26. The minimum atomic E-state index is -4.46. The van der Waals surface area contributed by atoms with Crippen LogP contribution in [0.3, 0.4) is 0 Å². The van der Waals surface area contributed by atoms with E-state index >= 15 is 0 Å². The number of unbranched alkanes of at least 4 members (excludes halogenated alkanes) is 1. The summed E-state index contributed by atoms with van der Waals surface area (Å²) in [5.74, 6) is -1.09. The van der Waals surface area contributed by atoms with Crippen molar-refractivity contribution in [2.75, 3.05) is 0 Å². The van der Waals surface area contributed by atoms with Gasteiger partial charge in [-0.3, -0.25) is 4.79 Å². The number of hydrogen-bond donors (Lipinski definition) is 2. The van der Waals surface area contributed by atoms with E-state index in [9.17, 15) is 18.0 Å². The first-order chi connectivity index (χ1) is 6.21. The molecular weight excluding hydrogens is 197 g/mol. The molecule has 0 aromatic rings. The van der Waals surface area contributed by atoms with Gasteiger partial charge in [-0.25, -0.2) is 0 Å². The highest BCUT2D eigenvalue weighted by Crippen LogP contribution is 2.29. The zero-order valence-corrected chi connectivity index (χ0v) is 8.03. The van der Waals surface area contributed by atoms with Crippen molar-refractivity contribution >= 4 is 5.91 Å². The molecule has 6 heteroatoms. The van der Waals surface area contributed by atoms with Gasteiger partial charge in [-0.15, -0.1) is 0 Å². The molecule has 1 amide bonds. The van der Waals surface area contributed by atoms with E-state index in [1.807, 2.05) is 0 Å². The molecule has 0 aliphatic carbocycles. The van der Waals surface area contributed by atoms with Crippen molar-refractivity contribution in [2.45, 2.75) is 44.3 Å². The zero-order valence-electron chi connectivity index (χ0n) is 8.03. The SMILES string of the molecule is CCCC[C@@](N)(CC(F)(F)F)C(N)=O. The third-order valence-corrected chi connectivity index (χ3v) is 1.98. The van der Waals surface area contributed by atoms with E-state index in [0.29, 0.717) is 12.8 Å². The molecule has 1 atom stereocenters. The van der Waals surface area contributed by atoms with Crippen LogP contribution in [0.2, 0.25) is 0 Å². The van der Waals surface area contributed by atoms with Crippen LogP contribution in [-0.2, 0) is 4.79 Å². The third kappa shape index (κ3) is 4.45. The molecule has 0 heterocycles. The van der Waals surface area contributed by atoms with Gasteiger partial charge in [0, 0.05) is 0 Å². The first kappa shape index (κ1) is 13.2. The summed E-state index contributed by atoms with van der Waals surface area (Å²) in [6, 6.07) is 0. The van der Waals surface area contributed by atoms with Crippen LogP contribution in [0.25, 0.3) is 0 Å². The lowest BCUT2D eigenvalue weighted by molar-refractivity contribution is -0.156. The molecule has 14 heavy (non-hydrogen) atoms. The van der Waals surface area contributed by atoms with Crippen LogP contribution >= 0.6 is 0 Å². The summed E-state index contributed by atoms with van der Waals surface area (Å²) >= 11 is 0. The molecule has 0 aliphatic heterocycles. The molecule has 0 aromatic carbocycles. The van der Waals surface area contributed by atoms with Crippen molar-refractivity contribution in [2.24, 2.45) is 11.5 Å². The number of amides is 1. The summed E-state index contributed by atoms with van der Waals surface area (Å²) in [4.78, 5) is 10.8. The molecule has 84 valence electrons. The Morgan fingerprint density at radius 1 is 1.36 bits per heavy atom. The summed E-state index contributed by atoms with van der Waals surface area (Å²) in [5, 5.41) is 0. The summed E-state index contributed by atoms with van der Waals surface area (Å²) in [6.07, 6.45) is -4.72. The molecule has 0 bridgehead atoms. The van der Waals surface area contributed by atoms with Gasteiger partial charge in [0.05, 0.1) is 6.42 Å². The molecule has 4 N–H and O–H groups in total. The van der Waals surface area contributed by atoms with Gasteiger partial charge >= 0.3 is 6.18 Å². The normalized spacial score (nSPS) is 16.4. The second-order valence-corrected chi connectivity index (χ2v) is 3.42. The molecule has 3 nitrogen and oxygen atoms in total. The van der Waals surface area contributed by atoms with Crippen LogP contribution in [0.1, 0.15) is 32.6 Å². The second kappa shape index (κ2) is 4.63. The number of halogens is 3. The van der Waals surface area contributed by atoms with Crippen molar-refractivity contribution in [3.63, 3.8) is 0 Å². The van der Waals surface area contributed by atoms with Crippen LogP contribution in [0, 0.1) is 0 Å². The number of hydrogen-bond acceptors (Lipinski definition) is 2. The summed E-state index contributed by atoms with van der Waals surface area (Å²) in [6.45, 7) is 1.80. The van der Waals surface area contributed by atoms with Gasteiger partial charge in [0.25, 0.3) is 0 Å². The molecule has 0 unspecified atom stereocenters. The Morgan fingerprint density at radius 3 is 2.14 bits per heavy atom. The Bertz CT molecular complexity index is 205. The maximum Gasteiger partial charge on any atom is 0.391 e. The van der Waals surface area contributed by atoms with E-state index < -0.39 is 24.0 Å². The largest absolute Gasteiger partial charge is 0.391 e. The van der Waals surface area contributed by atoms with E-state index in [2.05, 4.69) is 0 Å². The van der Waals surface area contributed by atoms with Crippen molar-refractivity contribution < 1.29 is 18.0 Å². The van der Waals surface area contributed by atoms with E-state index in [4.69, 9.17) is 11.5 Å². The van der Waals surface area contributed by atoms with Crippen LogP contribution < -0.4 is 11.5 Å². The first-order valence-electron chi connectivity index (χ1n) is 4.37. The van der Waals surface area contributed by atoms with Crippen molar-refractivity contribution in [3.05, 3.63) is 0 Å². The summed E-state index contributed by atoms with van der Waals surface area (Å²) in [7, 11) is 0. The molecule has 0 rings (SSSR count). The Morgan fingerprint density at radius 2 is 1.86 bits per heavy atom. The van der Waals surface area contributed by atoms with E-state index in [-0.39, 0.29) is 6.42 Å². The van der Waals surface area contributed by atoms with Gasteiger partial charge in [-0.05, 0) is 6.42 Å². The van der Waals surface area contributed by atoms with Crippen molar-refractivity contribution in [3.8, 4) is 0 Å². The fraction of sp³-hybridized carbons (Fsp3) is 0.875. The molecule has 0 saturated carbocycles. The molecule has 0 aromatic heterocycles. The smallest absolute Gasteiger partial charge is 0.368 e. The van der Waals surface area contributed by atoms with E-state index in [1.165, 1.54) is 0 Å². The lowest BCUT2D eigenvalue weighted by Crippen LogP contribution is -2.54. The number of primary amides is 1. The Hall–Kier alpha value is -0.780. The molecular formula is C8H15F3N2O. The van der Waals surface area contributed by atoms with Gasteiger partial charge in [0.2, 0.25) is 5.91 Å². The first-order valence-corrected chi connectivity index (χ1v) is 4.37. The Labute approximate surface area is 80.6 Å². The fourth-order valence-corrected chi connectivity index (χ4v) is 1.15. The van der Waals surface area contributed by atoms with E-state index in [1.54, 1.807) is 6.92 Å². The molecule has 0 saturated heterocycles. The van der Waals surface area contributed by atoms with Crippen LogP contribution in [0.5, 0.6) is 0 Å². The highest BCUT2D eigenvalue weighted by molar-refractivity contribution is 5.84. The molecule has 0 spiro atoms. The van der Waals surface area contributed by atoms with E-state index in [0.717, 1.165) is 0 Å². The predicted octanol–water partition coefficient (Wildman–Crippen LogP) is 1.31. The molecule has 0 aliphatic rings. The van der Waals surface area contributed by atoms with Gasteiger partial charge in [0.15, 0.2) is 0 Å². The monoisotopic (exact) mass is 212 g/mol. The average molecular weight is 212 g/mol. The Kier molecular flexibility index (Phi) is 4.38. The number of nitrogens with two attached hydrogens (primary N) is 2. The number of alkyl halides is 3. The molecule has 0 radical (unpaired) electrons. The number of rotatable bonds is 5. The summed E-state index contributed by atoms with van der Waals surface area (Å²) in [5.41, 5.74) is 8.22. The van der Waals surface area contributed by atoms with Gasteiger partial charge in [-0.2, -0.15) is 13.2 Å². The lowest BCUT2D eigenvalue weighted by atomic mass is 9.89. The highest BCUT2D eigenvalue weighted by Gasteiger charge is 2.43. The second-order valence-electron chi connectivity index (χ2n) is 3.42. The van der Waals surface area contributed by atoms with Crippen LogP contribution in [-0.4, -0.2) is 17.6 Å². The number of carbonyl (C=O) groups excluding carboxylic acids is 1. The van der Waals surface area contributed by atoms with Crippen LogP contribution in [0.15, 0.2) is 0 Å².